The monoisotopic (exact) mass is 258 g/mol. The number of hydrogen-bond acceptors (Lipinski definition) is 4. The van der Waals surface area contributed by atoms with Gasteiger partial charge in [-0.25, -0.2) is 0 Å². The Kier molecular flexibility index (Phi) is 4.75. The molecule has 2 atom stereocenters. The van der Waals surface area contributed by atoms with Gasteiger partial charge in [-0.3, -0.25) is 4.90 Å². The molecule has 1 N–H and O–H groups in total. The Morgan fingerprint density at radius 3 is 2.82 bits per heavy atom. The zero-order valence-corrected chi connectivity index (χ0v) is 12.2. The average Bonchev–Trinajstić information content (AvgIpc) is 2.64. The highest BCUT2D eigenvalue weighted by Gasteiger charge is 2.31. The molecule has 2 fully saturated rings. The van der Waals surface area contributed by atoms with Crippen LogP contribution >= 0.6 is 11.8 Å². The Labute approximate surface area is 110 Å². The molecule has 2 saturated heterocycles. The summed E-state index contributed by atoms with van der Waals surface area (Å²) in [5.74, 6) is 1.26. The van der Waals surface area contributed by atoms with Crippen LogP contribution < -0.4 is 5.32 Å². The minimum absolute atomic E-state index is 0.418. The summed E-state index contributed by atoms with van der Waals surface area (Å²) in [6.45, 7) is 9.26. The van der Waals surface area contributed by atoms with Crippen molar-refractivity contribution in [1.82, 2.24) is 10.2 Å². The maximum Gasteiger partial charge on any atom is 0.0707 e. The van der Waals surface area contributed by atoms with Gasteiger partial charge in [-0.05, 0) is 33.7 Å². The third kappa shape index (κ3) is 4.12. The molecular weight excluding hydrogens is 232 g/mol. The average molecular weight is 258 g/mol. The topological polar surface area (TPSA) is 24.5 Å². The van der Waals surface area contributed by atoms with E-state index in [1.54, 1.807) is 0 Å². The summed E-state index contributed by atoms with van der Waals surface area (Å²) in [5, 5.41) is 3.20. The van der Waals surface area contributed by atoms with Gasteiger partial charge in [0.25, 0.3) is 0 Å². The summed E-state index contributed by atoms with van der Waals surface area (Å²) in [4.78, 5) is 2.59. The van der Waals surface area contributed by atoms with Gasteiger partial charge in [0.1, 0.15) is 0 Å². The van der Waals surface area contributed by atoms with E-state index in [0.717, 1.165) is 13.1 Å². The highest BCUT2D eigenvalue weighted by molar-refractivity contribution is 8.00. The highest BCUT2D eigenvalue weighted by Crippen LogP contribution is 2.30. The molecule has 0 saturated carbocycles. The van der Waals surface area contributed by atoms with Crippen LogP contribution in [0.5, 0.6) is 0 Å². The van der Waals surface area contributed by atoms with Gasteiger partial charge in [0, 0.05) is 36.7 Å². The third-order valence-corrected chi connectivity index (χ3v) is 4.89. The predicted octanol–water partition coefficient (Wildman–Crippen LogP) is 1.58. The van der Waals surface area contributed by atoms with E-state index in [9.17, 15) is 0 Å². The molecule has 0 aliphatic carbocycles. The largest absolute Gasteiger partial charge is 0.372 e. The summed E-state index contributed by atoms with van der Waals surface area (Å²) in [5.41, 5.74) is 0. The standard InChI is InChI=1S/C13H26N2OS/c1-13(2)10-15(6-7-17-13)9-12-5-4-11(16-12)8-14-3/h11-12,14H,4-10H2,1-3H3. The molecule has 2 heterocycles. The van der Waals surface area contributed by atoms with Gasteiger partial charge in [0.05, 0.1) is 12.2 Å². The fraction of sp³-hybridized carbons (Fsp3) is 1.00. The molecule has 0 spiro atoms. The molecule has 2 rings (SSSR count). The van der Waals surface area contributed by atoms with Crippen LogP contribution in [0.4, 0.5) is 0 Å². The fourth-order valence-corrected chi connectivity index (χ4v) is 4.03. The number of ether oxygens (including phenoxy) is 1. The number of thioether (sulfide) groups is 1. The molecule has 2 unspecified atom stereocenters. The van der Waals surface area contributed by atoms with E-state index in [-0.39, 0.29) is 0 Å². The molecule has 0 aromatic heterocycles. The molecule has 4 heteroatoms. The minimum Gasteiger partial charge on any atom is -0.372 e. The lowest BCUT2D eigenvalue weighted by Gasteiger charge is -2.38. The summed E-state index contributed by atoms with van der Waals surface area (Å²) in [7, 11) is 2.00. The lowest BCUT2D eigenvalue weighted by atomic mass is 10.1. The molecular formula is C13H26N2OS. The number of nitrogens with one attached hydrogen (secondary N) is 1. The molecule has 0 bridgehead atoms. The third-order valence-electron chi connectivity index (χ3n) is 3.59. The van der Waals surface area contributed by atoms with Crippen molar-refractivity contribution in [3.8, 4) is 0 Å². The maximum atomic E-state index is 6.06. The highest BCUT2D eigenvalue weighted by atomic mass is 32.2. The zero-order chi connectivity index (χ0) is 12.3. The van der Waals surface area contributed by atoms with Crippen LogP contribution in [-0.2, 0) is 4.74 Å². The Bertz CT molecular complexity index is 248. The Hall–Kier alpha value is 0.230. The number of nitrogens with zero attached hydrogens (tertiary/aromatic N) is 1. The van der Waals surface area contributed by atoms with Gasteiger partial charge in [-0.15, -0.1) is 0 Å². The van der Waals surface area contributed by atoms with Crippen LogP contribution in [0.3, 0.4) is 0 Å². The van der Waals surface area contributed by atoms with E-state index < -0.39 is 0 Å². The molecule has 0 aromatic carbocycles. The summed E-state index contributed by atoms with van der Waals surface area (Å²) < 4.78 is 6.48. The summed E-state index contributed by atoms with van der Waals surface area (Å²) in [6.07, 6.45) is 3.36. The van der Waals surface area contributed by atoms with Gasteiger partial charge >= 0.3 is 0 Å². The smallest absolute Gasteiger partial charge is 0.0707 e. The lowest BCUT2D eigenvalue weighted by molar-refractivity contribution is 0.0234. The fourth-order valence-electron chi connectivity index (χ4n) is 2.85. The Morgan fingerprint density at radius 2 is 2.12 bits per heavy atom. The van der Waals surface area contributed by atoms with Crippen LogP contribution in [-0.4, -0.2) is 60.8 Å². The molecule has 0 radical (unpaired) electrons. The van der Waals surface area contributed by atoms with Gasteiger partial charge < -0.3 is 10.1 Å². The number of rotatable bonds is 4. The van der Waals surface area contributed by atoms with E-state index >= 15 is 0 Å². The second-order valence-corrected chi connectivity index (χ2v) is 7.66. The van der Waals surface area contributed by atoms with Gasteiger partial charge in [0.2, 0.25) is 0 Å². The molecule has 0 amide bonds. The van der Waals surface area contributed by atoms with Crippen molar-refractivity contribution in [2.24, 2.45) is 0 Å². The van der Waals surface area contributed by atoms with Gasteiger partial charge in [0.15, 0.2) is 0 Å². The first-order valence-electron chi connectivity index (χ1n) is 6.75. The summed E-state index contributed by atoms with van der Waals surface area (Å²) in [6, 6.07) is 0. The number of likely N-dealkylation sites (N-methyl/N-ethyl adjacent to an activating group) is 1. The van der Waals surface area contributed by atoms with Crippen molar-refractivity contribution in [3.05, 3.63) is 0 Å². The van der Waals surface area contributed by atoms with Crippen LogP contribution in [0, 0.1) is 0 Å². The first-order chi connectivity index (χ1) is 8.09. The maximum absolute atomic E-state index is 6.06. The number of hydrogen-bond donors (Lipinski definition) is 1. The normalized spacial score (nSPS) is 34.1. The zero-order valence-electron chi connectivity index (χ0n) is 11.4. The predicted molar refractivity (Wildman–Crippen MR) is 74.8 cm³/mol. The van der Waals surface area contributed by atoms with Crippen LogP contribution in [0.25, 0.3) is 0 Å². The van der Waals surface area contributed by atoms with E-state index in [4.69, 9.17) is 4.74 Å². The van der Waals surface area contributed by atoms with Gasteiger partial charge in [-0.1, -0.05) is 0 Å². The van der Waals surface area contributed by atoms with E-state index in [1.807, 2.05) is 7.05 Å². The van der Waals surface area contributed by atoms with E-state index in [0.29, 0.717) is 17.0 Å². The first kappa shape index (κ1) is 13.7. The second kappa shape index (κ2) is 5.91. The molecule has 3 nitrogen and oxygen atoms in total. The van der Waals surface area contributed by atoms with Crippen LogP contribution in [0.15, 0.2) is 0 Å². The minimum atomic E-state index is 0.418. The van der Waals surface area contributed by atoms with E-state index in [2.05, 4.69) is 35.8 Å². The van der Waals surface area contributed by atoms with Gasteiger partial charge in [-0.2, -0.15) is 11.8 Å². The van der Waals surface area contributed by atoms with Crippen molar-refractivity contribution in [1.29, 1.82) is 0 Å². The molecule has 2 aliphatic heterocycles. The lowest BCUT2D eigenvalue weighted by Crippen LogP contribution is -2.46. The van der Waals surface area contributed by atoms with Crippen LogP contribution in [0.2, 0.25) is 0 Å². The van der Waals surface area contributed by atoms with Crippen molar-refractivity contribution >= 4 is 11.8 Å². The van der Waals surface area contributed by atoms with Crippen molar-refractivity contribution in [2.45, 2.75) is 43.6 Å². The van der Waals surface area contributed by atoms with Crippen molar-refractivity contribution < 1.29 is 4.74 Å². The molecule has 2 aliphatic rings. The quantitative estimate of drug-likeness (QED) is 0.827. The molecule has 100 valence electrons. The second-order valence-electron chi connectivity index (χ2n) is 5.86. The first-order valence-corrected chi connectivity index (χ1v) is 7.74. The summed E-state index contributed by atoms with van der Waals surface area (Å²) >= 11 is 2.10. The Balaban J connectivity index is 1.74. The van der Waals surface area contributed by atoms with Crippen molar-refractivity contribution in [2.75, 3.05) is 39.0 Å². The van der Waals surface area contributed by atoms with Crippen molar-refractivity contribution in [3.63, 3.8) is 0 Å². The molecule has 17 heavy (non-hydrogen) atoms. The Morgan fingerprint density at radius 1 is 1.35 bits per heavy atom. The van der Waals surface area contributed by atoms with Crippen LogP contribution in [0.1, 0.15) is 26.7 Å². The SMILES string of the molecule is CNCC1CCC(CN2CCSC(C)(C)C2)O1. The molecule has 0 aromatic rings. The van der Waals surface area contributed by atoms with E-state index in [1.165, 1.54) is 31.7 Å².